The molecule has 0 spiro atoms. The first kappa shape index (κ1) is 15.3. The first-order valence-electron chi connectivity index (χ1n) is 6.50. The van der Waals surface area contributed by atoms with Crippen molar-refractivity contribution < 1.29 is 9.90 Å². The maximum absolute atomic E-state index is 12.7. The van der Waals surface area contributed by atoms with E-state index in [1.165, 1.54) is 12.8 Å². The highest BCUT2D eigenvalue weighted by molar-refractivity contribution is 14.1. The van der Waals surface area contributed by atoms with Gasteiger partial charge in [0.05, 0.1) is 12.2 Å². The molecule has 19 heavy (non-hydrogen) atoms. The van der Waals surface area contributed by atoms with Gasteiger partial charge in [0.2, 0.25) is 0 Å². The molecule has 1 amide bonds. The maximum Gasteiger partial charge on any atom is 0.255 e. The molecule has 1 aliphatic carbocycles. The molecule has 0 saturated heterocycles. The predicted molar refractivity (Wildman–Crippen MR) is 87.2 cm³/mol. The van der Waals surface area contributed by atoms with E-state index in [0.717, 1.165) is 20.9 Å². The van der Waals surface area contributed by atoms with Gasteiger partial charge in [-0.1, -0.05) is 12.8 Å². The third kappa shape index (κ3) is 3.70. The summed E-state index contributed by atoms with van der Waals surface area (Å²) in [7, 11) is 0. The summed E-state index contributed by atoms with van der Waals surface area (Å²) >= 11 is 5.65. The fraction of sp³-hybridized carbons (Fsp3) is 0.500. The van der Waals surface area contributed by atoms with Crippen LogP contribution in [0.5, 0.6) is 0 Å². The second-order valence-electron chi connectivity index (χ2n) is 4.78. The number of rotatable bonds is 4. The molecule has 0 aliphatic heterocycles. The largest absolute Gasteiger partial charge is 0.395 e. The SMILES string of the molecule is O=C(c1cc(I)ccc1Br)N(CCO)C1CCCC1. The molecular weight excluding hydrogens is 421 g/mol. The highest BCUT2D eigenvalue weighted by atomic mass is 127. The Bertz CT molecular complexity index is 461. The van der Waals surface area contributed by atoms with Crippen LogP contribution in [0, 0.1) is 3.57 Å². The highest BCUT2D eigenvalue weighted by Crippen LogP contribution is 2.27. The average molecular weight is 438 g/mol. The van der Waals surface area contributed by atoms with E-state index in [9.17, 15) is 9.90 Å². The minimum absolute atomic E-state index is 0.0176. The predicted octanol–water partition coefficient (Wildman–Crippen LogP) is 3.43. The smallest absolute Gasteiger partial charge is 0.255 e. The molecule has 0 radical (unpaired) electrons. The number of halogens is 2. The normalized spacial score (nSPS) is 15.7. The number of benzene rings is 1. The fourth-order valence-corrected chi connectivity index (χ4v) is 3.50. The number of aliphatic hydroxyl groups is 1. The molecule has 1 aliphatic rings. The fourth-order valence-electron chi connectivity index (χ4n) is 2.59. The molecular formula is C14H17BrINO2. The average Bonchev–Trinajstić information content (AvgIpc) is 2.92. The molecule has 1 aromatic carbocycles. The summed E-state index contributed by atoms with van der Waals surface area (Å²) in [5.41, 5.74) is 0.687. The van der Waals surface area contributed by atoms with E-state index in [2.05, 4.69) is 38.5 Å². The molecule has 1 fully saturated rings. The Labute approximate surface area is 135 Å². The van der Waals surface area contributed by atoms with E-state index in [1.807, 2.05) is 23.1 Å². The molecule has 0 bridgehead atoms. The first-order chi connectivity index (χ1) is 9.13. The van der Waals surface area contributed by atoms with Crippen molar-refractivity contribution in [2.24, 2.45) is 0 Å². The lowest BCUT2D eigenvalue weighted by atomic mass is 10.1. The number of hydrogen-bond acceptors (Lipinski definition) is 2. The van der Waals surface area contributed by atoms with E-state index < -0.39 is 0 Å². The summed E-state index contributed by atoms with van der Waals surface area (Å²) in [6, 6.07) is 6.05. The zero-order valence-electron chi connectivity index (χ0n) is 10.6. The van der Waals surface area contributed by atoms with Crippen LogP contribution < -0.4 is 0 Å². The minimum atomic E-state index is 0.0176. The number of hydrogen-bond donors (Lipinski definition) is 1. The van der Waals surface area contributed by atoms with Crippen molar-refractivity contribution in [1.29, 1.82) is 0 Å². The summed E-state index contributed by atoms with van der Waals surface area (Å²) < 4.78 is 1.86. The number of carbonyl (C=O) groups excluding carboxylic acids is 1. The molecule has 1 saturated carbocycles. The van der Waals surface area contributed by atoms with E-state index in [1.54, 1.807) is 0 Å². The van der Waals surface area contributed by atoms with Crippen LogP contribution in [-0.4, -0.2) is 35.1 Å². The van der Waals surface area contributed by atoms with Crippen molar-refractivity contribution in [3.05, 3.63) is 31.8 Å². The number of amides is 1. The van der Waals surface area contributed by atoms with Gasteiger partial charge in [0.25, 0.3) is 5.91 Å². The molecule has 0 atom stereocenters. The van der Waals surface area contributed by atoms with Crippen LogP contribution in [0.4, 0.5) is 0 Å². The van der Waals surface area contributed by atoms with Gasteiger partial charge < -0.3 is 10.0 Å². The van der Waals surface area contributed by atoms with Crippen molar-refractivity contribution in [2.45, 2.75) is 31.7 Å². The van der Waals surface area contributed by atoms with Gasteiger partial charge in [0.15, 0.2) is 0 Å². The number of aliphatic hydroxyl groups excluding tert-OH is 1. The Balaban J connectivity index is 2.25. The van der Waals surface area contributed by atoms with Crippen molar-refractivity contribution in [3.8, 4) is 0 Å². The third-order valence-electron chi connectivity index (χ3n) is 3.53. The summed E-state index contributed by atoms with van der Waals surface area (Å²) in [5.74, 6) is 0.0198. The second-order valence-corrected chi connectivity index (χ2v) is 6.88. The Morgan fingerprint density at radius 2 is 2.11 bits per heavy atom. The Hall–Kier alpha value is -0.140. The van der Waals surface area contributed by atoms with Gasteiger partial charge in [-0.15, -0.1) is 0 Å². The van der Waals surface area contributed by atoms with Gasteiger partial charge in [-0.2, -0.15) is 0 Å². The van der Waals surface area contributed by atoms with Crippen LogP contribution in [-0.2, 0) is 0 Å². The topological polar surface area (TPSA) is 40.5 Å². The molecule has 2 rings (SSSR count). The first-order valence-corrected chi connectivity index (χ1v) is 8.37. The van der Waals surface area contributed by atoms with Crippen LogP contribution in [0.3, 0.4) is 0 Å². The second kappa shape index (κ2) is 7.04. The number of carbonyl (C=O) groups is 1. The summed E-state index contributed by atoms with van der Waals surface area (Å²) in [6.45, 7) is 0.436. The van der Waals surface area contributed by atoms with Gasteiger partial charge in [0.1, 0.15) is 0 Å². The molecule has 1 aromatic rings. The van der Waals surface area contributed by atoms with Crippen molar-refractivity contribution >= 4 is 44.4 Å². The molecule has 0 heterocycles. The zero-order valence-corrected chi connectivity index (χ0v) is 14.4. The quantitative estimate of drug-likeness (QED) is 0.733. The maximum atomic E-state index is 12.7. The minimum Gasteiger partial charge on any atom is -0.395 e. The van der Waals surface area contributed by atoms with Gasteiger partial charge in [0, 0.05) is 20.6 Å². The molecule has 3 nitrogen and oxygen atoms in total. The standard InChI is InChI=1S/C14H17BrINO2/c15-13-6-5-10(16)9-12(13)14(19)17(7-8-18)11-3-1-2-4-11/h5-6,9,11,18H,1-4,7-8H2. The monoisotopic (exact) mass is 437 g/mol. The summed E-state index contributed by atoms with van der Waals surface area (Å²) in [6.07, 6.45) is 4.45. The molecule has 0 aromatic heterocycles. The summed E-state index contributed by atoms with van der Waals surface area (Å²) in [5, 5.41) is 9.21. The lowest BCUT2D eigenvalue weighted by Crippen LogP contribution is -2.40. The van der Waals surface area contributed by atoms with Gasteiger partial charge >= 0.3 is 0 Å². The van der Waals surface area contributed by atoms with E-state index in [-0.39, 0.29) is 18.6 Å². The zero-order chi connectivity index (χ0) is 13.8. The van der Waals surface area contributed by atoms with E-state index >= 15 is 0 Å². The van der Waals surface area contributed by atoms with Crippen molar-refractivity contribution in [3.63, 3.8) is 0 Å². The Morgan fingerprint density at radius 3 is 2.74 bits per heavy atom. The Morgan fingerprint density at radius 1 is 1.42 bits per heavy atom. The molecule has 5 heteroatoms. The number of nitrogens with zero attached hydrogens (tertiary/aromatic N) is 1. The summed E-state index contributed by atoms with van der Waals surface area (Å²) in [4.78, 5) is 14.5. The van der Waals surface area contributed by atoms with Crippen LogP contribution >= 0.6 is 38.5 Å². The van der Waals surface area contributed by atoms with Crippen molar-refractivity contribution in [2.75, 3.05) is 13.2 Å². The van der Waals surface area contributed by atoms with Crippen LogP contribution in [0.25, 0.3) is 0 Å². The van der Waals surface area contributed by atoms with Crippen LogP contribution in [0.1, 0.15) is 36.0 Å². The van der Waals surface area contributed by atoms with Gasteiger partial charge in [-0.3, -0.25) is 4.79 Å². The lowest BCUT2D eigenvalue weighted by molar-refractivity contribution is 0.0637. The van der Waals surface area contributed by atoms with Gasteiger partial charge in [-0.05, 0) is 69.6 Å². The third-order valence-corrected chi connectivity index (χ3v) is 4.89. The van der Waals surface area contributed by atoms with E-state index in [4.69, 9.17) is 0 Å². The van der Waals surface area contributed by atoms with Crippen LogP contribution in [0.2, 0.25) is 0 Å². The highest BCUT2D eigenvalue weighted by Gasteiger charge is 2.27. The molecule has 0 unspecified atom stereocenters. The Kier molecular flexibility index (Phi) is 5.65. The molecule has 1 N–H and O–H groups in total. The van der Waals surface area contributed by atoms with Crippen molar-refractivity contribution in [1.82, 2.24) is 4.90 Å². The van der Waals surface area contributed by atoms with E-state index in [0.29, 0.717) is 12.1 Å². The van der Waals surface area contributed by atoms with Crippen LogP contribution in [0.15, 0.2) is 22.7 Å². The molecule has 104 valence electrons. The van der Waals surface area contributed by atoms with Gasteiger partial charge in [-0.25, -0.2) is 0 Å². The lowest BCUT2D eigenvalue weighted by Gasteiger charge is -2.28.